The van der Waals surface area contributed by atoms with E-state index in [2.05, 4.69) is 14.3 Å². The van der Waals surface area contributed by atoms with Crippen molar-refractivity contribution in [3.63, 3.8) is 0 Å². The fraction of sp³-hybridized carbons (Fsp3) is 0.667. The number of aryl methyl sites for hydroxylation is 1. The summed E-state index contributed by atoms with van der Waals surface area (Å²) in [5.41, 5.74) is 0. The first-order valence-corrected chi connectivity index (χ1v) is 5.56. The molecule has 14 heavy (non-hydrogen) atoms. The summed E-state index contributed by atoms with van der Waals surface area (Å²) >= 11 is 1.45. The molecule has 0 spiro atoms. The van der Waals surface area contributed by atoms with Gasteiger partial charge in [-0.2, -0.15) is 4.37 Å². The first kappa shape index (κ1) is 8.49. The lowest BCUT2D eigenvalue weighted by Crippen LogP contribution is -2.29. The van der Waals surface area contributed by atoms with E-state index in [0.717, 1.165) is 23.9 Å². The largest absolute Gasteiger partial charge is 0.298 e. The van der Waals surface area contributed by atoms with Gasteiger partial charge in [-0.3, -0.25) is 9.69 Å². The molecule has 4 nitrogen and oxygen atoms in total. The van der Waals surface area contributed by atoms with Gasteiger partial charge in [0.15, 0.2) is 5.78 Å². The van der Waals surface area contributed by atoms with E-state index in [1.165, 1.54) is 11.5 Å². The number of nitrogens with zero attached hydrogens (tertiary/aromatic N) is 3. The molecule has 3 unspecified atom stereocenters. The van der Waals surface area contributed by atoms with Crippen LogP contribution in [0.5, 0.6) is 0 Å². The van der Waals surface area contributed by atoms with E-state index in [1.54, 1.807) is 0 Å². The number of rotatable bonds is 1. The van der Waals surface area contributed by atoms with Crippen LogP contribution in [-0.4, -0.2) is 39.7 Å². The number of carbonyl (C=O) groups is 1. The number of carbonyl (C=O) groups excluding carboxylic acids is 1. The molecule has 5 heteroatoms. The maximum atomic E-state index is 11.5. The topological polar surface area (TPSA) is 46.1 Å². The van der Waals surface area contributed by atoms with Crippen LogP contribution in [0, 0.1) is 12.8 Å². The maximum absolute atomic E-state index is 11.5. The standard InChI is InChI=1S/C9H11N3OS/c1-5-10-9(14-11-5)7-3-12-2-6(7)8(13)4-12/h6-7H,2-4H2,1H3. The number of Topliss-reactive ketones (excluding diaryl/α,β-unsaturated/α-hetero) is 1. The highest BCUT2D eigenvalue weighted by Crippen LogP contribution is 2.38. The van der Waals surface area contributed by atoms with Gasteiger partial charge in [-0.25, -0.2) is 4.98 Å². The van der Waals surface area contributed by atoms with Gasteiger partial charge in [0.1, 0.15) is 10.8 Å². The summed E-state index contributed by atoms with van der Waals surface area (Å²) < 4.78 is 4.17. The smallest absolute Gasteiger partial charge is 0.151 e. The molecule has 0 radical (unpaired) electrons. The lowest BCUT2D eigenvalue weighted by molar-refractivity contribution is -0.121. The summed E-state index contributed by atoms with van der Waals surface area (Å²) in [6, 6.07) is 0. The second kappa shape index (κ2) is 2.84. The van der Waals surface area contributed by atoms with Crippen molar-refractivity contribution in [1.82, 2.24) is 14.3 Å². The third-order valence-electron chi connectivity index (χ3n) is 3.05. The van der Waals surface area contributed by atoms with E-state index in [0.29, 0.717) is 18.2 Å². The van der Waals surface area contributed by atoms with Crippen molar-refractivity contribution in [3.05, 3.63) is 10.8 Å². The monoisotopic (exact) mass is 209 g/mol. The van der Waals surface area contributed by atoms with Crippen molar-refractivity contribution in [2.75, 3.05) is 19.6 Å². The average molecular weight is 209 g/mol. The molecular formula is C9H11N3OS. The molecule has 2 aliphatic heterocycles. The molecule has 1 aromatic rings. The van der Waals surface area contributed by atoms with Crippen LogP contribution in [-0.2, 0) is 4.79 Å². The Kier molecular flexibility index (Phi) is 1.72. The lowest BCUT2D eigenvalue weighted by atomic mass is 9.92. The van der Waals surface area contributed by atoms with Crippen LogP contribution >= 0.6 is 11.5 Å². The van der Waals surface area contributed by atoms with E-state index in [9.17, 15) is 4.79 Å². The highest BCUT2D eigenvalue weighted by molar-refractivity contribution is 7.05. The summed E-state index contributed by atoms with van der Waals surface area (Å²) in [6.45, 7) is 4.47. The molecule has 3 rings (SSSR count). The van der Waals surface area contributed by atoms with Crippen LogP contribution in [0.1, 0.15) is 16.7 Å². The minimum absolute atomic E-state index is 0.197. The molecular weight excluding hydrogens is 198 g/mol. The minimum atomic E-state index is 0.197. The molecule has 0 aliphatic carbocycles. The van der Waals surface area contributed by atoms with Crippen molar-refractivity contribution in [3.8, 4) is 0 Å². The molecule has 2 fully saturated rings. The molecule has 0 N–H and O–H groups in total. The zero-order valence-corrected chi connectivity index (χ0v) is 8.75. The average Bonchev–Trinajstić information content (AvgIpc) is 2.77. The molecule has 2 saturated heterocycles. The SMILES string of the molecule is Cc1nsc(C2CN3CC(=O)C2C3)n1. The normalized spacial score (nSPS) is 35.5. The number of aromatic nitrogens is 2. The number of hydrogen-bond donors (Lipinski definition) is 0. The second-order valence-corrected chi connectivity index (χ2v) is 4.84. The molecule has 2 bridgehead atoms. The molecule has 1 aromatic heterocycles. The van der Waals surface area contributed by atoms with Crippen molar-refractivity contribution in [2.45, 2.75) is 12.8 Å². The first-order valence-electron chi connectivity index (χ1n) is 4.79. The quantitative estimate of drug-likeness (QED) is 0.673. The van der Waals surface area contributed by atoms with Crippen LogP contribution in [0.4, 0.5) is 0 Å². The molecule has 0 saturated carbocycles. The Hall–Kier alpha value is -0.810. The van der Waals surface area contributed by atoms with E-state index in [1.807, 2.05) is 6.92 Å². The second-order valence-electron chi connectivity index (χ2n) is 4.05. The van der Waals surface area contributed by atoms with Crippen LogP contribution in [0.2, 0.25) is 0 Å². The van der Waals surface area contributed by atoms with Gasteiger partial charge in [-0.1, -0.05) is 0 Å². The van der Waals surface area contributed by atoms with Crippen molar-refractivity contribution in [2.24, 2.45) is 5.92 Å². The van der Waals surface area contributed by atoms with Gasteiger partial charge in [0.05, 0.1) is 6.54 Å². The lowest BCUT2D eigenvalue weighted by Gasteiger charge is -2.18. The van der Waals surface area contributed by atoms with Gasteiger partial charge < -0.3 is 0 Å². The molecule has 3 atom stereocenters. The Bertz CT molecular complexity index is 389. The highest BCUT2D eigenvalue weighted by Gasteiger charge is 2.46. The van der Waals surface area contributed by atoms with Crippen LogP contribution < -0.4 is 0 Å². The van der Waals surface area contributed by atoms with Crippen LogP contribution in [0.3, 0.4) is 0 Å². The zero-order chi connectivity index (χ0) is 9.71. The van der Waals surface area contributed by atoms with E-state index in [4.69, 9.17) is 0 Å². The summed E-state index contributed by atoms with van der Waals surface area (Å²) in [6.07, 6.45) is 0. The van der Waals surface area contributed by atoms with Gasteiger partial charge >= 0.3 is 0 Å². The fourth-order valence-electron chi connectivity index (χ4n) is 2.39. The Morgan fingerprint density at radius 2 is 2.21 bits per heavy atom. The summed E-state index contributed by atoms with van der Waals surface area (Å²) in [5, 5.41) is 1.04. The van der Waals surface area contributed by atoms with Crippen molar-refractivity contribution >= 4 is 17.3 Å². The summed E-state index contributed by atoms with van der Waals surface area (Å²) in [7, 11) is 0. The minimum Gasteiger partial charge on any atom is -0.298 e. The number of fused-ring (bicyclic) bond motifs is 2. The number of ketones is 1. The molecule has 0 aromatic carbocycles. The Morgan fingerprint density at radius 1 is 1.43 bits per heavy atom. The van der Waals surface area contributed by atoms with Gasteiger partial charge in [0, 0.05) is 24.9 Å². The van der Waals surface area contributed by atoms with Gasteiger partial charge in [0.25, 0.3) is 0 Å². The Labute approximate surface area is 86.1 Å². The Balaban J connectivity index is 1.91. The summed E-state index contributed by atoms with van der Waals surface area (Å²) in [5.74, 6) is 1.73. The fourth-order valence-corrected chi connectivity index (χ4v) is 3.21. The van der Waals surface area contributed by atoms with Crippen LogP contribution in [0.15, 0.2) is 0 Å². The predicted molar refractivity (Wildman–Crippen MR) is 52.3 cm³/mol. The number of hydrogen-bond acceptors (Lipinski definition) is 5. The van der Waals surface area contributed by atoms with Crippen molar-refractivity contribution in [1.29, 1.82) is 0 Å². The summed E-state index contributed by atoms with van der Waals surface area (Å²) in [4.78, 5) is 18.1. The molecule has 3 heterocycles. The van der Waals surface area contributed by atoms with Gasteiger partial charge in [0.2, 0.25) is 0 Å². The molecule has 2 aliphatic rings. The van der Waals surface area contributed by atoms with Gasteiger partial charge in [-0.05, 0) is 18.5 Å². The first-order chi connectivity index (χ1) is 6.74. The Morgan fingerprint density at radius 3 is 2.79 bits per heavy atom. The predicted octanol–water partition coefficient (Wildman–Crippen LogP) is 0.445. The van der Waals surface area contributed by atoms with Crippen LogP contribution in [0.25, 0.3) is 0 Å². The molecule has 0 amide bonds. The number of piperidine rings is 1. The maximum Gasteiger partial charge on any atom is 0.151 e. The van der Waals surface area contributed by atoms with E-state index < -0.39 is 0 Å². The van der Waals surface area contributed by atoms with E-state index >= 15 is 0 Å². The van der Waals surface area contributed by atoms with Gasteiger partial charge in [-0.15, -0.1) is 0 Å². The third kappa shape index (κ3) is 1.12. The molecule has 74 valence electrons. The zero-order valence-electron chi connectivity index (χ0n) is 7.93. The highest BCUT2D eigenvalue weighted by atomic mass is 32.1. The van der Waals surface area contributed by atoms with E-state index in [-0.39, 0.29) is 5.92 Å². The third-order valence-corrected chi connectivity index (χ3v) is 3.99. The van der Waals surface area contributed by atoms with Crippen molar-refractivity contribution < 1.29 is 4.79 Å².